The summed E-state index contributed by atoms with van der Waals surface area (Å²) >= 11 is 1.88. The summed E-state index contributed by atoms with van der Waals surface area (Å²) in [6.07, 6.45) is 4.35. The lowest BCUT2D eigenvalue weighted by Gasteiger charge is -2.01. The average Bonchev–Trinajstić information content (AvgIpc) is 2.89. The first-order valence-corrected chi connectivity index (χ1v) is 8.37. The van der Waals surface area contributed by atoms with E-state index in [9.17, 15) is 0 Å². The van der Waals surface area contributed by atoms with E-state index in [1.165, 1.54) is 27.6 Å². The molecule has 0 aliphatic heterocycles. The Kier molecular flexibility index (Phi) is 6.22. The molecule has 0 saturated carbocycles. The number of rotatable bonds is 8. The molecule has 2 aromatic rings. The molecular formula is C17H24N2S. The minimum absolute atomic E-state index is 0.972. The van der Waals surface area contributed by atoms with Crippen LogP contribution in [0.5, 0.6) is 0 Å². The maximum Gasteiger partial charge on any atom is 0.0934 e. The molecule has 0 amide bonds. The van der Waals surface area contributed by atoms with Crippen molar-refractivity contribution in [3.05, 3.63) is 51.5 Å². The van der Waals surface area contributed by atoms with Gasteiger partial charge in [-0.05, 0) is 31.4 Å². The fraction of sp³-hybridized carbons (Fsp3) is 0.471. The predicted octanol–water partition coefficient (Wildman–Crippen LogP) is 3.99. The van der Waals surface area contributed by atoms with Crippen molar-refractivity contribution in [3.63, 3.8) is 0 Å². The molecule has 0 radical (unpaired) electrons. The Morgan fingerprint density at radius 1 is 1.10 bits per heavy atom. The third-order valence-corrected chi connectivity index (χ3v) is 4.50. The number of nitrogens with one attached hydrogen (secondary N) is 1. The van der Waals surface area contributed by atoms with Crippen LogP contribution >= 0.6 is 11.3 Å². The highest BCUT2D eigenvalue weighted by atomic mass is 32.1. The van der Waals surface area contributed by atoms with Gasteiger partial charge in [0.1, 0.15) is 0 Å². The van der Waals surface area contributed by atoms with Gasteiger partial charge in [-0.25, -0.2) is 4.98 Å². The number of thiazole rings is 1. The van der Waals surface area contributed by atoms with E-state index in [0.29, 0.717) is 0 Å². The Bertz CT molecular complexity index is 505. The van der Waals surface area contributed by atoms with Crippen molar-refractivity contribution in [2.75, 3.05) is 6.54 Å². The van der Waals surface area contributed by atoms with Gasteiger partial charge < -0.3 is 5.32 Å². The average molecular weight is 288 g/mol. The van der Waals surface area contributed by atoms with Gasteiger partial charge in [0.05, 0.1) is 10.7 Å². The van der Waals surface area contributed by atoms with Crippen molar-refractivity contribution in [3.8, 4) is 0 Å². The molecule has 2 nitrogen and oxygen atoms in total. The third kappa shape index (κ3) is 4.43. The summed E-state index contributed by atoms with van der Waals surface area (Å²) in [6.45, 7) is 6.45. The number of nitrogens with zero attached hydrogens (tertiary/aromatic N) is 1. The van der Waals surface area contributed by atoms with E-state index < -0.39 is 0 Å². The van der Waals surface area contributed by atoms with Crippen LogP contribution in [0.25, 0.3) is 0 Å². The molecule has 2 rings (SSSR count). The van der Waals surface area contributed by atoms with Crippen molar-refractivity contribution in [1.82, 2.24) is 10.3 Å². The van der Waals surface area contributed by atoms with Crippen LogP contribution in [0.2, 0.25) is 0 Å². The number of benzene rings is 1. The molecule has 0 aliphatic carbocycles. The molecule has 0 aliphatic rings. The monoisotopic (exact) mass is 288 g/mol. The molecule has 1 aromatic carbocycles. The second-order valence-corrected chi connectivity index (χ2v) is 6.16. The van der Waals surface area contributed by atoms with Crippen molar-refractivity contribution < 1.29 is 0 Å². The van der Waals surface area contributed by atoms with Crippen LogP contribution in [0.3, 0.4) is 0 Å². The van der Waals surface area contributed by atoms with E-state index in [1.807, 2.05) is 11.3 Å². The van der Waals surface area contributed by atoms with Crippen molar-refractivity contribution in [1.29, 1.82) is 0 Å². The topological polar surface area (TPSA) is 24.9 Å². The van der Waals surface area contributed by atoms with E-state index >= 15 is 0 Å². The zero-order valence-electron chi connectivity index (χ0n) is 12.5. The molecule has 1 aromatic heterocycles. The Morgan fingerprint density at radius 3 is 2.60 bits per heavy atom. The maximum atomic E-state index is 4.80. The van der Waals surface area contributed by atoms with Crippen molar-refractivity contribution >= 4 is 11.3 Å². The van der Waals surface area contributed by atoms with E-state index in [0.717, 1.165) is 32.4 Å². The van der Waals surface area contributed by atoms with Gasteiger partial charge in [0.15, 0.2) is 0 Å². The lowest BCUT2D eigenvalue weighted by Crippen LogP contribution is -2.13. The van der Waals surface area contributed by atoms with E-state index in [-0.39, 0.29) is 0 Å². The van der Waals surface area contributed by atoms with E-state index in [4.69, 9.17) is 4.98 Å². The zero-order chi connectivity index (χ0) is 14.2. The lowest BCUT2D eigenvalue weighted by atomic mass is 10.1. The number of aromatic nitrogens is 1. The Hall–Kier alpha value is -1.19. The van der Waals surface area contributed by atoms with E-state index in [2.05, 4.69) is 49.5 Å². The fourth-order valence-electron chi connectivity index (χ4n) is 2.23. The van der Waals surface area contributed by atoms with Crippen LogP contribution in [0, 0.1) is 0 Å². The van der Waals surface area contributed by atoms with Gasteiger partial charge >= 0.3 is 0 Å². The number of hydrogen-bond donors (Lipinski definition) is 1. The summed E-state index contributed by atoms with van der Waals surface area (Å²) in [5.41, 5.74) is 2.67. The highest BCUT2D eigenvalue weighted by Crippen LogP contribution is 2.20. The molecule has 3 heteroatoms. The summed E-state index contributed by atoms with van der Waals surface area (Å²) in [7, 11) is 0. The van der Waals surface area contributed by atoms with Gasteiger partial charge in [-0.2, -0.15) is 0 Å². The van der Waals surface area contributed by atoms with Crippen LogP contribution in [0.1, 0.15) is 41.4 Å². The molecule has 0 unspecified atom stereocenters. The van der Waals surface area contributed by atoms with Crippen LogP contribution in [-0.4, -0.2) is 11.5 Å². The number of aryl methyl sites for hydroxylation is 3. The van der Waals surface area contributed by atoms with Crippen molar-refractivity contribution in [2.45, 2.75) is 46.1 Å². The molecular weight excluding hydrogens is 264 g/mol. The normalized spacial score (nSPS) is 10.9. The Labute approximate surface area is 126 Å². The second kappa shape index (κ2) is 8.18. The Balaban J connectivity index is 1.94. The first-order chi connectivity index (χ1) is 9.83. The van der Waals surface area contributed by atoms with Crippen LogP contribution in [-0.2, 0) is 25.8 Å². The van der Waals surface area contributed by atoms with Crippen LogP contribution < -0.4 is 5.32 Å². The molecule has 0 fully saturated rings. The summed E-state index contributed by atoms with van der Waals surface area (Å²) in [6, 6.07) is 10.7. The zero-order valence-corrected chi connectivity index (χ0v) is 13.3. The highest BCUT2D eigenvalue weighted by Gasteiger charge is 2.09. The molecule has 20 heavy (non-hydrogen) atoms. The van der Waals surface area contributed by atoms with Crippen LogP contribution in [0.15, 0.2) is 30.3 Å². The summed E-state index contributed by atoms with van der Waals surface area (Å²) in [5, 5.41) is 4.76. The van der Waals surface area contributed by atoms with Gasteiger partial charge in [0.2, 0.25) is 0 Å². The Morgan fingerprint density at radius 2 is 1.90 bits per heavy atom. The molecule has 108 valence electrons. The number of hydrogen-bond acceptors (Lipinski definition) is 3. The maximum absolute atomic E-state index is 4.80. The summed E-state index contributed by atoms with van der Waals surface area (Å²) in [5.74, 6) is 0. The molecule has 1 heterocycles. The van der Waals surface area contributed by atoms with Gasteiger partial charge in [0, 0.05) is 17.8 Å². The lowest BCUT2D eigenvalue weighted by molar-refractivity contribution is 0.676. The van der Waals surface area contributed by atoms with Gasteiger partial charge in [-0.15, -0.1) is 11.3 Å². The smallest absolute Gasteiger partial charge is 0.0934 e. The third-order valence-electron chi connectivity index (χ3n) is 3.34. The SMILES string of the molecule is CCCNCc1sc(CCc2ccccc2)nc1CC. The minimum atomic E-state index is 0.972. The standard InChI is InChI=1S/C17H24N2S/c1-3-12-18-13-16-15(4-2)19-17(20-16)11-10-14-8-6-5-7-9-14/h5-9,18H,3-4,10-13H2,1-2H3. The predicted molar refractivity (Wildman–Crippen MR) is 87.3 cm³/mol. The minimum Gasteiger partial charge on any atom is -0.312 e. The largest absolute Gasteiger partial charge is 0.312 e. The first kappa shape index (κ1) is 15.2. The summed E-state index contributed by atoms with van der Waals surface area (Å²) in [4.78, 5) is 6.22. The van der Waals surface area contributed by atoms with Gasteiger partial charge in [-0.3, -0.25) is 0 Å². The first-order valence-electron chi connectivity index (χ1n) is 7.55. The molecule has 1 N–H and O–H groups in total. The molecule has 0 saturated heterocycles. The molecule has 0 spiro atoms. The quantitative estimate of drug-likeness (QED) is 0.743. The van der Waals surface area contributed by atoms with Gasteiger partial charge in [-0.1, -0.05) is 44.2 Å². The van der Waals surface area contributed by atoms with Crippen LogP contribution in [0.4, 0.5) is 0 Å². The van der Waals surface area contributed by atoms with Crippen molar-refractivity contribution in [2.24, 2.45) is 0 Å². The fourth-order valence-corrected chi connectivity index (χ4v) is 3.36. The second-order valence-electron chi connectivity index (χ2n) is 4.99. The molecule has 0 atom stereocenters. The summed E-state index contributed by atoms with van der Waals surface area (Å²) < 4.78 is 0. The van der Waals surface area contributed by atoms with Gasteiger partial charge in [0.25, 0.3) is 0 Å². The highest BCUT2D eigenvalue weighted by molar-refractivity contribution is 7.11. The molecule has 0 bridgehead atoms. The van der Waals surface area contributed by atoms with E-state index in [1.54, 1.807) is 0 Å².